The molecule has 1 aliphatic rings. The maximum atomic E-state index is 12.9. The van der Waals surface area contributed by atoms with Crippen LogP contribution in [0.15, 0.2) is 60.7 Å². The van der Waals surface area contributed by atoms with Gasteiger partial charge < -0.3 is 4.90 Å². The number of hydrogen-bond donors (Lipinski definition) is 2. The van der Waals surface area contributed by atoms with Crippen molar-refractivity contribution in [3.8, 4) is 0 Å². The molecule has 2 aromatic carbocycles. The normalized spacial score (nSPS) is 14.6. The maximum Gasteiger partial charge on any atom is 0.269 e. The zero-order chi connectivity index (χ0) is 20.6. The molecule has 0 bridgehead atoms. The first-order valence-corrected chi connectivity index (χ1v) is 9.41. The standard InChI is InChI=1S/C22H22FN3O3/c23-19-9-7-17(8-10-19)21(28)24-25-22(29)18-12-14-26(15-13-18)20(27)11-6-16-4-2-1-3-5-16/h1-11,18H,12-15H2,(H,24,28)(H,25,29). The Hall–Kier alpha value is -3.48. The highest BCUT2D eigenvalue weighted by Gasteiger charge is 2.26. The number of carbonyl (C=O) groups is 3. The molecule has 0 aromatic heterocycles. The Balaban J connectivity index is 1.43. The highest BCUT2D eigenvalue weighted by atomic mass is 19.1. The Morgan fingerprint density at radius 2 is 1.59 bits per heavy atom. The summed E-state index contributed by atoms with van der Waals surface area (Å²) in [6.45, 7) is 0.948. The van der Waals surface area contributed by atoms with E-state index in [4.69, 9.17) is 0 Å². The van der Waals surface area contributed by atoms with E-state index in [9.17, 15) is 18.8 Å². The molecule has 7 heteroatoms. The van der Waals surface area contributed by atoms with Gasteiger partial charge in [-0.3, -0.25) is 25.2 Å². The van der Waals surface area contributed by atoms with Crippen LogP contribution in [-0.2, 0) is 9.59 Å². The number of hydrazine groups is 1. The summed E-state index contributed by atoms with van der Waals surface area (Å²) in [6.07, 6.45) is 4.34. The SMILES string of the molecule is O=C(NNC(=O)C1CCN(C(=O)C=Cc2ccccc2)CC1)c1ccc(F)cc1. The lowest BCUT2D eigenvalue weighted by atomic mass is 9.96. The second kappa shape index (κ2) is 9.64. The van der Waals surface area contributed by atoms with Crippen molar-refractivity contribution in [2.24, 2.45) is 5.92 Å². The quantitative estimate of drug-likeness (QED) is 0.617. The fraction of sp³-hybridized carbons (Fsp3) is 0.227. The fourth-order valence-electron chi connectivity index (χ4n) is 3.09. The molecule has 6 nitrogen and oxygen atoms in total. The van der Waals surface area contributed by atoms with Crippen molar-refractivity contribution in [2.75, 3.05) is 13.1 Å². The first-order chi connectivity index (χ1) is 14.0. The fourth-order valence-corrected chi connectivity index (χ4v) is 3.09. The summed E-state index contributed by atoms with van der Waals surface area (Å²) in [4.78, 5) is 38.2. The van der Waals surface area contributed by atoms with Crippen molar-refractivity contribution in [1.29, 1.82) is 0 Å². The third-order valence-electron chi connectivity index (χ3n) is 4.80. The predicted octanol–water partition coefficient (Wildman–Crippen LogP) is 2.54. The molecule has 150 valence electrons. The lowest BCUT2D eigenvalue weighted by Crippen LogP contribution is -2.48. The van der Waals surface area contributed by atoms with Gasteiger partial charge in [-0.15, -0.1) is 0 Å². The van der Waals surface area contributed by atoms with Gasteiger partial charge in [0.15, 0.2) is 0 Å². The van der Waals surface area contributed by atoms with Crippen LogP contribution in [0.4, 0.5) is 4.39 Å². The van der Waals surface area contributed by atoms with Crippen LogP contribution in [0.1, 0.15) is 28.8 Å². The molecule has 1 fully saturated rings. The van der Waals surface area contributed by atoms with Crippen LogP contribution < -0.4 is 10.9 Å². The van der Waals surface area contributed by atoms with Crippen molar-refractivity contribution in [1.82, 2.24) is 15.8 Å². The van der Waals surface area contributed by atoms with E-state index < -0.39 is 11.7 Å². The molecule has 29 heavy (non-hydrogen) atoms. The van der Waals surface area contributed by atoms with E-state index in [2.05, 4.69) is 10.9 Å². The molecule has 1 aliphatic heterocycles. The molecular formula is C22H22FN3O3. The summed E-state index contributed by atoms with van der Waals surface area (Å²) in [7, 11) is 0. The second-order valence-corrected chi connectivity index (χ2v) is 6.79. The van der Waals surface area contributed by atoms with Gasteiger partial charge in [-0.05, 0) is 48.7 Å². The number of nitrogens with zero attached hydrogens (tertiary/aromatic N) is 1. The monoisotopic (exact) mass is 395 g/mol. The largest absolute Gasteiger partial charge is 0.339 e. The molecule has 1 heterocycles. The van der Waals surface area contributed by atoms with Crippen molar-refractivity contribution < 1.29 is 18.8 Å². The molecule has 2 N–H and O–H groups in total. The van der Waals surface area contributed by atoms with Crippen molar-refractivity contribution in [2.45, 2.75) is 12.8 Å². The number of nitrogens with one attached hydrogen (secondary N) is 2. The zero-order valence-corrected chi connectivity index (χ0v) is 15.8. The average Bonchev–Trinajstić information content (AvgIpc) is 2.77. The Morgan fingerprint density at radius 3 is 2.24 bits per heavy atom. The number of hydrogen-bond acceptors (Lipinski definition) is 3. The summed E-state index contributed by atoms with van der Waals surface area (Å²) in [5, 5.41) is 0. The molecule has 3 rings (SSSR count). The van der Waals surface area contributed by atoms with Gasteiger partial charge in [0.1, 0.15) is 5.82 Å². The number of halogens is 1. The minimum Gasteiger partial charge on any atom is -0.339 e. The summed E-state index contributed by atoms with van der Waals surface area (Å²) in [5.41, 5.74) is 5.94. The lowest BCUT2D eigenvalue weighted by Gasteiger charge is -2.30. The minimum absolute atomic E-state index is 0.0858. The third-order valence-corrected chi connectivity index (χ3v) is 4.80. The maximum absolute atomic E-state index is 12.9. The molecule has 0 saturated carbocycles. The molecule has 0 atom stereocenters. The Bertz CT molecular complexity index is 889. The summed E-state index contributed by atoms with van der Waals surface area (Å²) in [5.74, 6) is -1.63. The van der Waals surface area contributed by atoms with Crippen molar-refractivity contribution >= 4 is 23.8 Å². The van der Waals surface area contributed by atoms with Crippen LogP contribution in [0, 0.1) is 11.7 Å². The topological polar surface area (TPSA) is 78.5 Å². The third kappa shape index (κ3) is 5.75. The lowest BCUT2D eigenvalue weighted by molar-refractivity contribution is -0.132. The Labute approximate surface area is 168 Å². The Kier molecular flexibility index (Phi) is 6.73. The molecule has 0 unspecified atom stereocenters. The van der Waals surface area contributed by atoms with Crippen molar-refractivity contribution in [3.05, 3.63) is 77.6 Å². The molecule has 1 saturated heterocycles. The smallest absolute Gasteiger partial charge is 0.269 e. The van der Waals surface area contributed by atoms with E-state index >= 15 is 0 Å². The van der Waals surface area contributed by atoms with Crippen LogP contribution in [0.3, 0.4) is 0 Å². The number of amides is 3. The summed E-state index contributed by atoms with van der Waals surface area (Å²) >= 11 is 0. The van der Waals surface area contributed by atoms with E-state index in [0.717, 1.165) is 5.56 Å². The average molecular weight is 395 g/mol. The van der Waals surface area contributed by atoms with Crippen LogP contribution >= 0.6 is 0 Å². The number of rotatable bonds is 4. The van der Waals surface area contributed by atoms with Crippen LogP contribution in [0.25, 0.3) is 6.08 Å². The van der Waals surface area contributed by atoms with Gasteiger partial charge in [-0.2, -0.15) is 0 Å². The minimum atomic E-state index is -0.517. The molecule has 3 amide bonds. The van der Waals surface area contributed by atoms with E-state index in [1.807, 2.05) is 30.3 Å². The van der Waals surface area contributed by atoms with Crippen LogP contribution in [-0.4, -0.2) is 35.7 Å². The van der Waals surface area contributed by atoms with E-state index in [-0.39, 0.29) is 23.3 Å². The molecule has 2 aromatic rings. The van der Waals surface area contributed by atoms with Gasteiger partial charge in [0.05, 0.1) is 0 Å². The van der Waals surface area contributed by atoms with E-state index in [1.54, 1.807) is 17.1 Å². The molecular weight excluding hydrogens is 373 g/mol. The number of piperidine rings is 1. The first kappa shape index (κ1) is 20.3. The molecule has 0 spiro atoms. The predicted molar refractivity (Wildman–Crippen MR) is 107 cm³/mol. The van der Waals surface area contributed by atoms with Crippen LogP contribution in [0.2, 0.25) is 0 Å². The Morgan fingerprint density at radius 1 is 0.931 bits per heavy atom. The first-order valence-electron chi connectivity index (χ1n) is 9.41. The second-order valence-electron chi connectivity index (χ2n) is 6.79. The summed E-state index contributed by atoms with van der Waals surface area (Å²) < 4.78 is 12.9. The van der Waals surface area contributed by atoms with Gasteiger partial charge in [0.2, 0.25) is 11.8 Å². The summed E-state index contributed by atoms with van der Waals surface area (Å²) in [6, 6.07) is 14.6. The van der Waals surface area contributed by atoms with E-state index in [1.165, 1.54) is 24.3 Å². The zero-order valence-electron chi connectivity index (χ0n) is 15.8. The van der Waals surface area contributed by atoms with Gasteiger partial charge in [-0.1, -0.05) is 30.3 Å². The van der Waals surface area contributed by atoms with Gasteiger partial charge >= 0.3 is 0 Å². The van der Waals surface area contributed by atoms with Crippen LogP contribution in [0.5, 0.6) is 0 Å². The number of benzene rings is 2. The molecule has 0 aliphatic carbocycles. The molecule has 0 radical (unpaired) electrons. The van der Waals surface area contributed by atoms with Gasteiger partial charge in [0, 0.05) is 30.6 Å². The van der Waals surface area contributed by atoms with Gasteiger partial charge in [-0.25, -0.2) is 4.39 Å². The van der Waals surface area contributed by atoms with Crippen molar-refractivity contribution in [3.63, 3.8) is 0 Å². The van der Waals surface area contributed by atoms with E-state index in [0.29, 0.717) is 25.9 Å². The van der Waals surface area contributed by atoms with Gasteiger partial charge in [0.25, 0.3) is 5.91 Å². The number of carbonyl (C=O) groups excluding carboxylic acids is 3. The highest BCUT2D eigenvalue weighted by Crippen LogP contribution is 2.17. The number of likely N-dealkylation sites (tertiary alicyclic amines) is 1. The highest BCUT2D eigenvalue weighted by molar-refractivity contribution is 5.95.